The van der Waals surface area contributed by atoms with E-state index in [1.54, 1.807) is 6.08 Å². The predicted molar refractivity (Wildman–Crippen MR) is 44.6 cm³/mol. The summed E-state index contributed by atoms with van der Waals surface area (Å²) in [5.41, 5.74) is 0. The van der Waals surface area contributed by atoms with E-state index in [0.717, 1.165) is 6.08 Å². The summed E-state index contributed by atoms with van der Waals surface area (Å²) in [6.45, 7) is 7.55. The van der Waals surface area contributed by atoms with Gasteiger partial charge in [0.1, 0.15) is 12.2 Å². The fourth-order valence-corrected chi connectivity index (χ4v) is 0.908. The molecule has 1 aliphatic rings. The molecule has 0 spiro atoms. The summed E-state index contributed by atoms with van der Waals surface area (Å²) in [5, 5.41) is 0. The largest absolute Gasteiger partial charge is 0.456 e. The van der Waals surface area contributed by atoms with Crippen LogP contribution in [0.15, 0.2) is 25.3 Å². The number of epoxide rings is 1. The van der Waals surface area contributed by atoms with Gasteiger partial charge in [0, 0.05) is 12.5 Å². The molecule has 3 heteroatoms. The molecular weight excluding hydrogens is 156 g/mol. The van der Waals surface area contributed by atoms with E-state index in [1.807, 2.05) is 0 Å². The summed E-state index contributed by atoms with van der Waals surface area (Å²) in [7, 11) is 0. The molecule has 0 radical (unpaired) electrons. The number of hydrogen-bond donors (Lipinski definition) is 0. The van der Waals surface area contributed by atoms with Crippen LogP contribution in [0.5, 0.6) is 0 Å². The number of rotatable bonds is 5. The van der Waals surface area contributed by atoms with Crippen LogP contribution in [0.1, 0.15) is 6.42 Å². The minimum absolute atomic E-state index is 0.0619. The summed E-state index contributed by atoms with van der Waals surface area (Å²) >= 11 is 0. The molecule has 66 valence electrons. The molecule has 12 heavy (non-hydrogen) atoms. The van der Waals surface area contributed by atoms with Crippen LogP contribution in [0, 0.1) is 0 Å². The Kier molecular flexibility index (Phi) is 3.05. The Morgan fingerprint density at radius 2 is 2.42 bits per heavy atom. The van der Waals surface area contributed by atoms with Gasteiger partial charge in [-0.05, 0) is 0 Å². The zero-order chi connectivity index (χ0) is 8.97. The van der Waals surface area contributed by atoms with Crippen molar-refractivity contribution in [1.29, 1.82) is 0 Å². The van der Waals surface area contributed by atoms with Crippen molar-refractivity contribution in [3.8, 4) is 0 Å². The fraction of sp³-hybridized carbons (Fsp3) is 0.444. The first-order valence-electron chi connectivity index (χ1n) is 3.83. The highest BCUT2D eigenvalue weighted by Crippen LogP contribution is 2.20. The van der Waals surface area contributed by atoms with E-state index >= 15 is 0 Å². The quantitative estimate of drug-likeness (QED) is 0.266. The van der Waals surface area contributed by atoms with Gasteiger partial charge in [0.15, 0.2) is 0 Å². The molecule has 0 aliphatic carbocycles. The fourth-order valence-electron chi connectivity index (χ4n) is 0.908. The first kappa shape index (κ1) is 9.00. The molecule has 3 nitrogen and oxygen atoms in total. The Balaban J connectivity index is 2.36. The van der Waals surface area contributed by atoms with Crippen molar-refractivity contribution in [2.24, 2.45) is 0 Å². The molecule has 0 aromatic carbocycles. The third kappa shape index (κ3) is 2.51. The smallest absolute Gasteiger partial charge is 0.330 e. The third-order valence-corrected chi connectivity index (χ3v) is 1.61. The number of carbonyl (C=O) groups is 1. The van der Waals surface area contributed by atoms with Gasteiger partial charge < -0.3 is 9.47 Å². The van der Waals surface area contributed by atoms with Crippen LogP contribution in [0.25, 0.3) is 0 Å². The van der Waals surface area contributed by atoms with Gasteiger partial charge in [-0.1, -0.05) is 12.7 Å². The van der Waals surface area contributed by atoms with Crippen LogP contribution >= 0.6 is 0 Å². The highest BCUT2D eigenvalue weighted by Gasteiger charge is 2.34. The topological polar surface area (TPSA) is 38.8 Å². The minimum Gasteiger partial charge on any atom is -0.456 e. The number of hydrogen-bond acceptors (Lipinski definition) is 3. The van der Waals surface area contributed by atoms with Gasteiger partial charge in [0.25, 0.3) is 0 Å². The molecule has 0 saturated carbocycles. The van der Waals surface area contributed by atoms with Gasteiger partial charge in [-0.25, -0.2) is 4.79 Å². The van der Waals surface area contributed by atoms with Crippen LogP contribution in [-0.4, -0.2) is 24.8 Å². The van der Waals surface area contributed by atoms with Crippen molar-refractivity contribution in [2.75, 3.05) is 6.61 Å². The number of carbonyl (C=O) groups excluding carboxylic acids is 1. The molecule has 0 aromatic rings. The van der Waals surface area contributed by atoms with E-state index in [-0.39, 0.29) is 12.2 Å². The molecule has 0 bridgehead atoms. The van der Waals surface area contributed by atoms with Crippen LogP contribution < -0.4 is 0 Å². The lowest BCUT2D eigenvalue weighted by Crippen LogP contribution is -2.21. The highest BCUT2D eigenvalue weighted by atomic mass is 16.6. The molecular formula is C9H12O3. The average molecular weight is 168 g/mol. The maximum Gasteiger partial charge on any atom is 0.330 e. The third-order valence-electron chi connectivity index (χ3n) is 1.61. The molecule has 0 amide bonds. The summed E-state index contributed by atoms with van der Waals surface area (Å²) in [5.74, 6) is -0.405. The molecule has 2 atom stereocenters. The summed E-state index contributed by atoms with van der Waals surface area (Å²) < 4.78 is 10.0. The van der Waals surface area contributed by atoms with Crippen molar-refractivity contribution in [3.05, 3.63) is 25.3 Å². The molecule has 1 fully saturated rings. The molecule has 0 N–H and O–H groups in total. The lowest BCUT2D eigenvalue weighted by molar-refractivity contribution is -0.143. The second kappa shape index (κ2) is 4.07. The molecule has 1 aliphatic heterocycles. The summed E-state index contributed by atoms with van der Waals surface area (Å²) in [6, 6.07) is 0. The first-order chi connectivity index (χ1) is 5.77. The maximum absolute atomic E-state index is 10.8. The SMILES string of the molecule is C=CCC(OC(=O)C=C)C1CO1. The predicted octanol–water partition coefficient (Wildman–Crippen LogP) is 1.06. The maximum atomic E-state index is 10.8. The Hall–Kier alpha value is -1.09. The van der Waals surface area contributed by atoms with E-state index < -0.39 is 5.97 Å². The van der Waals surface area contributed by atoms with E-state index in [4.69, 9.17) is 9.47 Å². The van der Waals surface area contributed by atoms with Crippen LogP contribution in [-0.2, 0) is 14.3 Å². The van der Waals surface area contributed by atoms with E-state index in [2.05, 4.69) is 13.2 Å². The van der Waals surface area contributed by atoms with Gasteiger partial charge >= 0.3 is 5.97 Å². The van der Waals surface area contributed by atoms with Crippen molar-refractivity contribution < 1.29 is 14.3 Å². The minimum atomic E-state index is -0.405. The Bertz CT molecular complexity index is 194. The van der Waals surface area contributed by atoms with Gasteiger partial charge in [-0.15, -0.1) is 6.58 Å². The van der Waals surface area contributed by atoms with Gasteiger partial charge in [-0.3, -0.25) is 0 Å². The zero-order valence-corrected chi connectivity index (χ0v) is 6.86. The van der Waals surface area contributed by atoms with Crippen LogP contribution in [0.2, 0.25) is 0 Å². The first-order valence-corrected chi connectivity index (χ1v) is 3.83. The second-order valence-corrected chi connectivity index (χ2v) is 2.58. The van der Waals surface area contributed by atoms with Gasteiger partial charge in [0.2, 0.25) is 0 Å². The monoisotopic (exact) mass is 168 g/mol. The van der Waals surface area contributed by atoms with Crippen molar-refractivity contribution in [1.82, 2.24) is 0 Å². The second-order valence-electron chi connectivity index (χ2n) is 2.58. The lowest BCUT2D eigenvalue weighted by atomic mass is 10.2. The highest BCUT2D eigenvalue weighted by molar-refractivity contribution is 5.81. The van der Waals surface area contributed by atoms with Crippen molar-refractivity contribution in [2.45, 2.75) is 18.6 Å². The molecule has 1 heterocycles. The normalized spacial score (nSPS) is 22.5. The van der Waals surface area contributed by atoms with Gasteiger partial charge in [-0.2, -0.15) is 0 Å². The van der Waals surface area contributed by atoms with E-state index in [0.29, 0.717) is 13.0 Å². The van der Waals surface area contributed by atoms with Gasteiger partial charge in [0.05, 0.1) is 6.61 Å². The lowest BCUT2D eigenvalue weighted by Gasteiger charge is -2.11. The summed E-state index contributed by atoms with van der Waals surface area (Å²) in [6.07, 6.45) is 3.37. The Labute approximate surface area is 71.7 Å². The zero-order valence-electron chi connectivity index (χ0n) is 6.86. The number of ether oxygens (including phenoxy) is 2. The van der Waals surface area contributed by atoms with Crippen molar-refractivity contribution >= 4 is 5.97 Å². The average Bonchev–Trinajstić information content (AvgIpc) is 2.86. The molecule has 0 aromatic heterocycles. The number of esters is 1. The molecule has 1 saturated heterocycles. The van der Waals surface area contributed by atoms with Crippen LogP contribution in [0.4, 0.5) is 0 Å². The van der Waals surface area contributed by atoms with E-state index in [9.17, 15) is 4.79 Å². The van der Waals surface area contributed by atoms with Crippen LogP contribution in [0.3, 0.4) is 0 Å². The molecule has 1 rings (SSSR count). The van der Waals surface area contributed by atoms with E-state index in [1.165, 1.54) is 0 Å². The Morgan fingerprint density at radius 3 is 2.83 bits per heavy atom. The summed E-state index contributed by atoms with van der Waals surface area (Å²) in [4.78, 5) is 10.8. The Morgan fingerprint density at radius 1 is 1.75 bits per heavy atom. The van der Waals surface area contributed by atoms with Crippen molar-refractivity contribution in [3.63, 3.8) is 0 Å². The standard InChI is InChI=1S/C9H12O3/c1-3-5-7(8-6-11-8)12-9(10)4-2/h3-4,7-8H,1-2,5-6H2. The molecule has 2 unspecified atom stereocenters.